The van der Waals surface area contributed by atoms with Gasteiger partial charge in [0, 0.05) is 22.8 Å². The van der Waals surface area contributed by atoms with E-state index in [1.165, 1.54) is 6.07 Å². The minimum absolute atomic E-state index is 0.121. The van der Waals surface area contributed by atoms with Gasteiger partial charge in [0.05, 0.1) is 4.90 Å². The van der Waals surface area contributed by atoms with E-state index >= 15 is 0 Å². The summed E-state index contributed by atoms with van der Waals surface area (Å²) < 4.78 is 27.8. The van der Waals surface area contributed by atoms with Crippen molar-refractivity contribution in [3.8, 4) is 0 Å². The first kappa shape index (κ1) is 19.3. The first-order valence-electron chi connectivity index (χ1n) is 8.00. The standard InChI is InChI=1S/C18H21ClN2O3S/c1-3-4-5-18(22)20-16-9-6-13(2)17(12-16)25(23,24)21-15-10-7-14(19)8-11-15/h6-12,21H,3-5H2,1-2H3,(H,20,22). The highest BCUT2D eigenvalue weighted by Gasteiger charge is 2.18. The second-order valence-corrected chi connectivity index (χ2v) is 7.83. The fourth-order valence-electron chi connectivity index (χ4n) is 2.26. The number of amides is 1. The van der Waals surface area contributed by atoms with Crippen LogP contribution in [-0.2, 0) is 14.8 Å². The molecule has 0 aliphatic rings. The van der Waals surface area contributed by atoms with E-state index in [0.29, 0.717) is 28.4 Å². The molecule has 0 aliphatic heterocycles. The van der Waals surface area contributed by atoms with Gasteiger partial charge in [0.15, 0.2) is 0 Å². The predicted octanol–water partition coefficient (Wildman–Crippen LogP) is 4.58. The van der Waals surface area contributed by atoms with Crippen molar-refractivity contribution in [2.24, 2.45) is 0 Å². The maximum Gasteiger partial charge on any atom is 0.262 e. The molecule has 0 atom stereocenters. The molecule has 0 spiro atoms. The van der Waals surface area contributed by atoms with Gasteiger partial charge in [-0.05, 0) is 55.3 Å². The zero-order valence-electron chi connectivity index (χ0n) is 14.2. The van der Waals surface area contributed by atoms with E-state index in [2.05, 4.69) is 10.0 Å². The maximum atomic E-state index is 12.7. The van der Waals surface area contributed by atoms with Crippen LogP contribution in [0.15, 0.2) is 47.4 Å². The lowest BCUT2D eigenvalue weighted by Crippen LogP contribution is -2.16. The van der Waals surface area contributed by atoms with Gasteiger partial charge in [-0.3, -0.25) is 9.52 Å². The van der Waals surface area contributed by atoms with Crippen LogP contribution < -0.4 is 10.0 Å². The number of carbonyl (C=O) groups is 1. The number of halogens is 1. The molecule has 0 radical (unpaired) electrons. The predicted molar refractivity (Wildman–Crippen MR) is 102 cm³/mol. The second-order valence-electron chi connectivity index (χ2n) is 5.74. The van der Waals surface area contributed by atoms with E-state index in [4.69, 9.17) is 11.6 Å². The van der Waals surface area contributed by atoms with Crippen LogP contribution in [0.3, 0.4) is 0 Å². The number of hydrogen-bond donors (Lipinski definition) is 2. The smallest absolute Gasteiger partial charge is 0.262 e. The van der Waals surface area contributed by atoms with Gasteiger partial charge < -0.3 is 5.32 Å². The van der Waals surface area contributed by atoms with Gasteiger partial charge in [0.2, 0.25) is 5.91 Å². The van der Waals surface area contributed by atoms with Gasteiger partial charge in [0.1, 0.15) is 0 Å². The van der Waals surface area contributed by atoms with Crippen molar-refractivity contribution in [2.45, 2.75) is 38.0 Å². The number of rotatable bonds is 7. The molecular weight excluding hydrogens is 360 g/mol. The number of benzene rings is 2. The van der Waals surface area contributed by atoms with E-state index in [1.54, 1.807) is 43.3 Å². The van der Waals surface area contributed by atoms with Crippen LogP contribution in [0.2, 0.25) is 5.02 Å². The van der Waals surface area contributed by atoms with Crippen LogP contribution in [0.5, 0.6) is 0 Å². The Balaban J connectivity index is 2.23. The van der Waals surface area contributed by atoms with Crippen molar-refractivity contribution in [2.75, 3.05) is 10.0 Å². The molecule has 0 fully saturated rings. The monoisotopic (exact) mass is 380 g/mol. The molecule has 134 valence electrons. The molecule has 7 heteroatoms. The Hall–Kier alpha value is -2.05. The molecule has 0 aromatic heterocycles. The van der Waals surface area contributed by atoms with Gasteiger partial charge in [-0.2, -0.15) is 0 Å². The number of sulfonamides is 1. The molecule has 25 heavy (non-hydrogen) atoms. The van der Waals surface area contributed by atoms with Gasteiger partial charge in [0.25, 0.3) is 10.0 Å². The van der Waals surface area contributed by atoms with Crippen LogP contribution in [0.4, 0.5) is 11.4 Å². The highest BCUT2D eigenvalue weighted by Crippen LogP contribution is 2.24. The molecule has 0 saturated carbocycles. The minimum atomic E-state index is -3.78. The summed E-state index contributed by atoms with van der Waals surface area (Å²) in [4.78, 5) is 12.0. The van der Waals surface area contributed by atoms with Gasteiger partial charge in [-0.25, -0.2) is 8.42 Å². The fourth-order valence-corrected chi connectivity index (χ4v) is 3.71. The number of anilines is 2. The lowest BCUT2D eigenvalue weighted by Gasteiger charge is -2.13. The molecule has 0 saturated heterocycles. The van der Waals surface area contributed by atoms with Crippen LogP contribution in [0, 0.1) is 6.92 Å². The molecule has 2 rings (SSSR count). The zero-order valence-corrected chi connectivity index (χ0v) is 15.7. The highest BCUT2D eigenvalue weighted by molar-refractivity contribution is 7.92. The van der Waals surface area contributed by atoms with Crippen molar-refractivity contribution >= 4 is 38.9 Å². The van der Waals surface area contributed by atoms with E-state index in [-0.39, 0.29) is 10.8 Å². The van der Waals surface area contributed by atoms with Gasteiger partial charge in [-0.15, -0.1) is 0 Å². The molecule has 5 nitrogen and oxygen atoms in total. The summed E-state index contributed by atoms with van der Waals surface area (Å²) in [5, 5.41) is 3.26. The number of aryl methyl sites for hydroxylation is 1. The molecule has 1 amide bonds. The quantitative estimate of drug-likeness (QED) is 0.738. The third-order valence-corrected chi connectivity index (χ3v) is 5.39. The van der Waals surface area contributed by atoms with Crippen molar-refractivity contribution in [3.63, 3.8) is 0 Å². The summed E-state index contributed by atoms with van der Waals surface area (Å²) in [5.41, 5.74) is 1.47. The summed E-state index contributed by atoms with van der Waals surface area (Å²) in [6.07, 6.45) is 2.13. The van der Waals surface area contributed by atoms with Gasteiger partial charge >= 0.3 is 0 Å². The fraction of sp³-hybridized carbons (Fsp3) is 0.278. The molecule has 0 bridgehead atoms. The number of hydrogen-bond acceptors (Lipinski definition) is 3. The molecular formula is C18H21ClN2O3S. The lowest BCUT2D eigenvalue weighted by atomic mass is 10.2. The molecule has 2 aromatic carbocycles. The Bertz CT molecular complexity index is 849. The Kier molecular flexibility index (Phi) is 6.45. The molecule has 2 N–H and O–H groups in total. The van der Waals surface area contributed by atoms with E-state index in [1.807, 2.05) is 6.92 Å². The van der Waals surface area contributed by atoms with Gasteiger partial charge in [-0.1, -0.05) is 31.0 Å². The van der Waals surface area contributed by atoms with E-state index in [0.717, 1.165) is 12.8 Å². The van der Waals surface area contributed by atoms with Crippen LogP contribution in [0.25, 0.3) is 0 Å². The summed E-state index contributed by atoms with van der Waals surface area (Å²) >= 11 is 5.81. The lowest BCUT2D eigenvalue weighted by molar-refractivity contribution is -0.116. The largest absolute Gasteiger partial charge is 0.326 e. The molecule has 0 heterocycles. The minimum Gasteiger partial charge on any atom is -0.326 e. The zero-order chi connectivity index (χ0) is 18.4. The summed E-state index contributed by atoms with van der Waals surface area (Å²) in [7, 11) is -3.78. The average Bonchev–Trinajstić information content (AvgIpc) is 2.56. The molecule has 0 unspecified atom stereocenters. The topological polar surface area (TPSA) is 75.3 Å². The van der Waals surface area contributed by atoms with Crippen LogP contribution >= 0.6 is 11.6 Å². The van der Waals surface area contributed by atoms with Crippen molar-refractivity contribution < 1.29 is 13.2 Å². The third-order valence-electron chi connectivity index (χ3n) is 3.62. The third kappa shape index (κ3) is 5.47. The first-order valence-corrected chi connectivity index (χ1v) is 9.87. The summed E-state index contributed by atoms with van der Waals surface area (Å²) in [5.74, 6) is -0.125. The first-order chi connectivity index (χ1) is 11.8. The Morgan fingerprint density at radius 1 is 1.08 bits per heavy atom. The Morgan fingerprint density at radius 3 is 2.36 bits per heavy atom. The van der Waals surface area contributed by atoms with Crippen LogP contribution in [-0.4, -0.2) is 14.3 Å². The molecule has 0 aliphatic carbocycles. The Labute approximate surface area is 153 Å². The normalized spacial score (nSPS) is 11.2. The van der Waals surface area contributed by atoms with Crippen molar-refractivity contribution in [1.29, 1.82) is 0 Å². The maximum absolute atomic E-state index is 12.7. The van der Waals surface area contributed by atoms with Crippen LogP contribution in [0.1, 0.15) is 31.7 Å². The Morgan fingerprint density at radius 2 is 1.72 bits per heavy atom. The average molecular weight is 381 g/mol. The van der Waals surface area contributed by atoms with Crippen molar-refractivity contribution in [3.05, 3.63) is 53.1 Å². The molecule has 2 aromatic rings. The SMILES string of the molecule is CCCCC(=O)Nc1ccc(C)c(S(=O)(=O)Nc2ccc(Cl)cc2)c1. The second kappa shape index (κ2) is 8.36. The highest BCUT2D eigenvalue weighted by atomic mass is 35.5. The van der Waals surface area contributed by atoms with E-state index in [9.17, 15) is 13.2 Å². The number of unbranched alkanes of at least 4 members (excludes halogenated alkanes) is 1. The number of nitrogens with one attached hydrogen (secondary N) is 2. The summed E-state index contributed by atoms with van der Waals surface area (Å²) in [6.45, 7) is 3.71. The van der Waals surface area contributed by atoms with E-state index < -0.39 is 10.0 Å². The summed E-state index contributed by atoms with van der Waals surface area (Å²) in [6, 6.07) is 11.2. The number of carbonyl (C=O) groups excluding carboxylic acids is 1. The van der Waals surface area contributed by atoms with Crippen molar-refractivity contribution in [1.82, 2.24) is 0 Å².